The number of rotatable bonds is 2. The molecular formula is C19H22O5. The normalized spacial score (nSPS) is 29.1. The molecule has 5 nitrogen and oxygen atoms in total. The van der Waals surface area contributed by atoms with Gasteiger partial charge in [0.25, 0.3) is 0 Å². The van der Waals surface area contributed by atoms with Crippen LogP contribution in [0.3, 0.4) is 0 Å². The van der Waals surface area contributed by atoms with Crippen LogP contribution in [0.4, 0.5) is 0 Å². The van der Waals surface area contributed by atoms with Crippen LogP contribution in [0.1, 0.15) is 31.2 Å². The summed E-state index contributed by atoms with van der Waals surface area (Å²) in [5, 5.41) is 0. The number of hydrogen-bond acceptors (Lipinski definition) is 5. The zero-order valence-electron chi connectivity index (χ0n) is 13.8. The quantitative estimate of drug-likeness (QED) is 0.834. The predicted octanol–water partition coefficient (Wildman–Crippen LogP) is 2.97. The Hall–Kier alpha value is -2.01. The molecule has 2 aliphatic heterocycles. The van der Waals surface area contributed by atoms with E-state index in [0.717, 1.165) is 37.0 Å². The van der Waals surface area contributed by atoms with Crippen LogP contribution >= 0.6 is 0 Å². The minimum atomic E-state index is -0.0765. The van der Waals surface area contributed by atoms with Gasteiger partial charge in [-0.15, -0.1) is 0 Å². The van der Waals surface area contributed by atoms with E-state index in [1.54, 1.807) is 13.4 Å². The molecule has 4 rings (SSSR count). The maximum absolute atomic E-state index is 12.9. The number of ether oxygens (including phenoxy) is 4. The van der Waals surface area contributed by atoms with Gasteiger partial charge in [-0.1, -0.05) is 6.07 Å². The molecule has 0 bridgehead atoms. The van der Waals surface area contributed by atoms with Crippen LogP contribution in [0.15, 0.2) is 24.5 Å². The number of ketones is 1. The third kappa shape index (κ3) is 2.77. The van der Waals surface area contributed by atoms with Crippen LogP contribution in [-0.4, -0.2) is 38.3 Å². The monoisotopic (exact) mass is 330 g/mol. The SMILES string of the molecule is COC1CCC2C(=O)C(c3ccc4c(c3)OCCCO4)=COC2C1. The Bertz CT molecular complexity index is 666. The van der Waals surface area contributed by atoms with E-state index in [1.807, 2.05) is 18.2 Å². The highest BCUT2D eigenvalue weighted by atomic mass is 16.5. The molecule has 0 radical (unpaired) electrons. The molecule has 1 aliphatic carbocycles. The summed E-state index contributed by atoms with van der Waals surface area (Å²) in [6.07, 6.45) is 5.08. The van der Waals surface area contributed by atoms with E-state index in [0.29, 0.717) is 24.5 Å². The molecule has 3 unspecified atom stereocenters. The van der Waals surface area contributed by atoms with Gasteiger partial charge >= 0.3 is 0 Å². The number of benzene rings is 1. The second kappa shape index (κ2) is 6.48. The number of Topliss-reactive ketones (excluding diaryl/α,β-unsaturated/α-hetero) is 1. The summed E-state index contributed by atoms with van der Waals surface area (Å²) >= 11 is 0. The minimum absolute atomic E-state index is 0.0691. The Morgan fingerprint density at radius 2 is 1.96 bits per heavy atom. The van der Waals surface area contributed by atoms with E-state index in [2.05, 4.69) is 0 Å². The summed E-state index contributed by atoms with van der Waals surface area (Å²) in [6, 6.07) is 5.66. The minimum Gasteiger partial charge on any atom is -0.496 e. The lowest BCUT2D eigenvalue weighted by atomic mass is 9.78. The van der Waals surface area contributed by atoms with Gasteiger partial charge in [0.2, 0.25) is 0 Å². The maximum Gasteiger partial charge on any atom is 0.173 e. The summed E-state index contributed by atoms with van der Waals surface area (Å²) < 4.78 is 22.7. The first-order chi connectivity index (χ1) is 11.8. The van der Waals surface area contributed by atoms with E-state index < -0.39 is 0 Å². The molecule has 0 amide bonds. The van der Waals surface area contributed by atoms with Crippen molar-refractivity contribution in [3.8, 4) is 11.5 Å². The number of allylic oxidation sites excluding steroid dienone is 1. The average molecular weight is 330 g/mol. The lowest BCUT2D eigenvalue weighted by molar-refractivity contribution is -0.127. The first-order valence-corrected chi connectivity index (χ1v) is 8.59. The van der Waals surface area contributed by atoms with Crippen molar-refractivity contribution >= 4 is 11.4 Å². The van der Waals surface area contributed by atoms with Crippen LogP contribution in [0.5, 0.6) is 11.5 Å². The number of hydrogen-bond donors (Lipinski definition) is 0. The van der Waals surface area contributed by atoms with Gasteiger partial charge in [0.05, 0.1) is 37.1 Å². The van der Waals surface area contributed by atoms with Crippen LogP contribution in [-0.2, 0) is 14.3 Å². The number of carbonyl (C=O) groups is 1. The summed E-state index contributed by atoms with van der Waals surface area (Å²) in [7, 11) is 1.72. The molecule has 128 valence electrons. The average Bonchev–Trinajstić information content (AvgIpc) is 2.86. The van der Waals surface area contributed by atoms with Gasteiger partial charge in [-0.25, -0.2) is 0 Å². The van der Waals surface area contributed by atoms with E-state index in [9.17, 15) is 4.79 Å². The molecule has 3 aliphatic rings. The van der Waals surface area contributed by atoms with Gasteiger partial charge in [-0.2, -0.15) is 0 Å². The molecule has 1 saturated carbocycles. The van der Waals surface area contributed by atoms with E-state index in [-0.39, 0.29) is 23.9 Å². The standard InChI is InChI=1S/C19H22O5/c1-21-13-4-5-14-17(10-13)24-11-15(19(14)20)12-3-6-16-18(9-12)23-8-2-7-22-16/h3,6,9,11,13-14,17H,2,4-5,7-8,10H2,1H3. The van der Waals surface area contributed by atoms with Crippen LogP contribution in [0, 0.1) is 5.92 Å². The Balaban J connectivity index is 1.59. The smallest absolute Gasteiger partial charge is 0.173 e. The Labute approximate surface area is 141 Å². The zero-order valence-corrected chi connectivity index (χ0v) is 13.8. The van der Waals surface area contributed by atoms with Gasteiger partial charge in [-0.3, -0.25) is 4.79 Å². The molecule has 24 heavy (non-hydrogen) atoms. The predicted molar refractivity (Wildman–Crippen MR) is 88.0 cm³/mol. The molecule has 0 aromatic heterocycles. The molecule has 0 spiro atoms. The number of methoxy groups -OCH3 is 1. The Kier molecular flexibility index (Phi) is 4.19. The van der Waals surface area contributed by atoms with Crippen molar-refractivity contribution in [1.29, 1.82) is 0 Å². The number of carbonyl (C=O) groups excluding carboxylic acids is 1. The first-order valence-electron chi connectivity index (χ1n) is 8.59. The summed E-state index contributed by atoms with van der Waals surface area (Å²) in [5.74, 6) is 1.52. The second-order valence-electron chi connectivity index (χ2n) is 6.56. The van der Waals surface area contributed by atoms with Crippen LogP contribution in [0.25, 0.3) is 5.57 Å². The second-order valence-corrected chi connectivity index (χ2v) is 6.56. The van der Waals surface area contributed by atoms with Crippen molar-refractivity contribution in [2.75, 3.05) is 20.3 Å². The van der Waals surface area contributed by atoms with Gasteiger partial charge in [-0.05, 0) is 30.5 Å². The van der Waals surface area contributed by atoms with Gasteiger partial charge < -0.3 is 18.9 Å². The third-order valence-corrected chi connectivity index (χ3v) is 5.10. The third-order valence-electron chi connectivity index (χ3n) is 5.10. The largest absolute Gasteiger partial charge is 0.496 e. The van der Waals surface area contributed by atoms with Crippen LogP contribution in [0.2, 0.25) is 0 Å². The highest BCUT2D eigenvalue weighted by molar-refractivity contribution is 6.22. The lowest BCUT2D eigenvalue weighted by Crippen LogP contribution is -2.41. The molecule has 1 aromatic rings. The molecule has 1 fully saturated rings. The first kappa shape index (κ1) is 15.5. The molecule has 5 heteroatoms. The fourth-order valence-electron chi connectivity index (χ4n) is 3.71. The summed E-state index contributed by atoms with van der Waals surface area (Å²) in [5.41, 5.74) is 1.46. The van der Waals surface area contributed by atoms with Crippen molar-refractivity contribution in [3.05, 3.63) is 30.0 Å². The van der Waals surface area contributed by atoms with Crippen molar-refractivity contribution in [2.45, 2.75) is 37.9 Å². The van der Waals surface area contributed by atoms with E-state index in [1.165, 1.54) is 0 Å². The van der Waals surface area contributed by atoms with Crippen molar-refractivity contribution in [2.24, 2.45) is 5.92 Å². The molecule has 3 atom stereocenters. The van der Waals surface area contributed by atoms with Crippen molar-refractivity contribution < 1.29 is 23.7 Å². The maximum atomic E-state index is 12.9. The van der Waals surface area contributed by atoms with E-state index in [4.69, 9.17) is 18.9 Å². The van der Waals surface area contributed by atoms with Gasteiger partial charge in [0, 0.05) is 20.0 Å². The lowest BCUT2D eigenvalue weighted by Gasteiger charge is -2.37. The molecule has 1 aromatic carbocycles. The summed E-state index contributed by atoms with van der Waals surface area (Å²) in [6.45, 7) is 1.28. The highest BCUT2D eigenvalue weighted by Gasteiger charge is 2.40. The van der Waals surface area contributed by atoms with Crippen molar-refractivity contribution in [1.82, 2.24) is 0 Å². The Morgan fingerprint density at radius 1 is 1.12 bits per heavy atom. The fraction of sp³-hybridized carbons (Fsp3) is 0.526. The highest BCUT2D eigenvalue weighted by Crippen LogP contribution is 2.39. The topological polar surface area (TPSA) is 54.0 Å². The molecule has 0 saturated heterocycles. The van der Waals surface area contributed by atoms with Gasteiger partial charge in [0.15, 0.2) is 17.3 Å². The van der Waals surface area contributed by atoms with E-state index >= 15 is 0 Å². The molecular weight excluding hydrogens is 308 g/mol. The number of fused-ring (bicyclic) bond motifs is 2. The molecule has 2 heterocycles. The van der Waals surface area contributed by atoms with Crippen molar-refractivity contribution in [3.63, 3.8) is 0 Å². The fourth-order valence-corrected chi connectivity index (χ4v) is 3.71. The summed E-state index contributed by atoms with van der Waals surface area (Å²) in [4.78, 5) is 12.9. The Morgan fingerprint density at radius 3 is 2.79 bits per heavy atom. The molecule has 0 N–H and O–H groups in total. The van der Waals surface area contributed by atoms with Gasteiger partial charge in [0.1, 0.15) is 6.10 Å². The zero-order chi connectivity index (χ0) is 16.5. The van der Waals surface area contributed by atoms with Crippen LogP contribution < -0.4 is 9.47 Å².